The zero-order valence-electron chi connectivity index (χ0n) is 11.3. The van der Waals surface area contributed by atoms with Crippen molar-refractivity contribution in [3.05, 3.63) is 0 Å². The molecule has 0 radical (unpaired) electrons. The molecule has 1 atom stereocenters. The zero-order valence-corrected chi connectivity index (χ0v) is 11.3. The van der Waals surface area contributed by atoms with E-state index < -0.39 is 0 Å². The van der Waals surface area contributed by atoms with Gasteiger partial charge in [-0.1, -0.05) is 20.3 Å². The molecule has 1 aliphatic rings. The fourth-order valence-corrected chi connectivity index (χ4v) is 2.20. The second-order valence-corrected chi connectivity index (χ2v) is 5.08. The molecular weight excluding hydrogens is 214 g/mol. The van der Waals surface area contributed by atoms with Crippen LogP contribution in [0.25, 0.3) is 0 Å². The highest BCUT2D eigenvalue weighted by atomic mass is 16.2. The molecule has 2 N–H and O–H groups in total. The van der Waals surface area contributed by atoms with Gasteiger partial charge in [0, 0.05) is 39.1 Å². The molecule has 4 heteroatoms. The van der Waals surface area contributed by atoms with Crippen LogP contribution in [0.5, 0.6) is 0 Å². The van der Waals surface area contributed by atoms with Crippen molar-refractivity contribution in [2.75, 3.05) is 39.3 Å². The maximum absolute atomic E-state index is 12.1. The van der Waals surface area contributed by atoms with Gasteiger partial charge < -0.3 is 15.5 Å². The molecule has 0 aromatic heterocycles. The molecule has 0 aliphatic carbocycles. The van der Waals surface area contributed by atoms with Crippen LogP contribution in [0, 0.1) is 5.92 Å². The summed E-state index contributed by atoms with van der Waals surface area (Å²) in [6.45, 7) is 9.79. The molecule has 0 saturated carbocycles. The van der Waals surface area contributed by atoms with E-state index in [1.807, 2.05) is 4.90 Å². The van der Waals surface area contributed by atoms with Gasteiger partial charge in [-0.25, -0.2) is 0 Å². The van der Waals surface area contributed by atoms with Gasteiger partial charge in [0.25, 0.3) is 0 Å². The summed E-state index contributed by atoms with van der Waals surface area (Å²) >= 11 is 0. The van der Waals surface area contributed by atoms with Crippen LogP contribution in [0.4, 0.5) is 0 Å². The van der Waals surface area contributed by atoms with Gasteiger partial charge in [0.2, 0.25) is 5.91 Å². The van der Waals surface area contributed by atoms with E-state index in [-0.39, 0.29) is 0 Å². The van der Waals surface area contributed by atoms with Gasteiger partial charge in [0.15, 0.2) is 0 Å². The number of carbonyl (C=O) groups excluding carboxylic acids is 1. The third-order valence-corrected chi connectivity index (χ3v) is 3.61. The summed E-state index contributed by atoms with van der Waals surface area (Å²) in [6.07, 6.45) is 2.86. The first kappa shape index (κ1) is 14.5. The van der Waals surface area contributed by atoms with Crippen molar-refractivity contribution in [1.29, 1.82) is 0 Å². The van der Waals surface area contributed by atoms with Crippen LogP contribution in [-0.4, -0.2) is 55.0 Å². The molecule has 1 unspecified atom stereocenters. The molecule has 4 nitrogen and oxygen atoms in total. The van der Waals surface area contributed by atoms with Crippen LogP contribution in [0.15, 0.2) is 0 Å². The third-order valence-electron chi connectivity index (χ3n) is 3.61. The van der Waals surface area contributed by atoms with Crippen LogP contribution in [0.1, 0.15) is 33.1 Å². The van der Waals surface area contributed by atoms with Crippen molar-refractivity contribution in [1.82, 2.24) is 9.80 Å². The minimum absolute atomic E-state index is 0.328. The summed E-state index contributed by atoms with van der Waals surface area (Å²) in [5, 5.41) is 0. The first-order valence-electron chi connectivity index (χ1n) is 6.87. The highest BCUT2D eigenvalue weighted by Crippen LogP contribution is 2.11. The van der Waals surface area contributed by atoms with E-state index in [4.69, 9.17) is 5.73 Å². The van der Waals surface area contributed by atoms with Crippen molar-refractivity contribution in [3.8, 4) is 0 Å². The maximum Gasteiger partial charge on any atom is 0.222 e. The number of nitrogens with two attached hydrogens (primary N) is 1. The lowest BCUT2D eigenvalue weighted by atomic mass is 10.0. The van der Waals surface area contributed by atoms with E-state index in [9.17, 15) is 4.79 Å². The molecule has 0 bridgehead atoms. The molecule has 1 rings (SSSR count). The fraction of sp³-hybridized carbons (Fsp3) is 0.923. The Bertz CT molecular complexity index is 233. The summed E-state index contributed by atoms with van der Waals surface area (Å²) in [4.78, 5) is 16.5. The summed E-state index contributed by atoms with van der Waals surface area (Å²) in [6, 6.07) is 0. The molecule has 100 valence electrons. The number of hydrogen-bond acceptors (Lipinski definition) is 3. The van der Waals surface area contributed by atoms with Gasteiger partial charge >= 0.3 is 0 Å². The van der Waals surface area contributed by atoms with E-state index in [0.717, 1.165) is 45.6 Å². The smallest absolute Gasteiger partial charge is 0.222 e. The Morgan fingerprint density at radius 2 is 2.06 bits per heavy atom. The number of amides is 1. The highest BCUT2D eigenvalue weighted by molar-refractivity contribution is 5.76. The second kappa shape index (κ2) is 7.67. The first-order valence-corrected chi connectivity index (χ1v) is 6.87. The standard InChI is InChI=1S/C13H27N3O/c1-3-12(2)11-13(17)16-7-4-6-15(8-5-14)9-10-16/h12H,3-11,14H2,1-2H3. The van der Waals surface area contributed by atoms with Crippen molar-refractivity contribution in [2.45, 2.75) is 33.1 Å². The largest absolute Gasteiger partial charge is 0.341 e. The van der Waals surface area contributed by atoms with Crippen molar-refractivity contribution >= 4 is 5.91 Å². The van der Waals surface area contributed by atoms with Gasteiger partial charge in [-0.2, -0.15) is 0 Å². The van der Waals surface area contributed by atoms with E-state index >= 15 is 0 Å². The average molecular weight is 241 g/mol. The summed E-state index contributed by atoms with van der Waals surface area (Å²) < 4.78 is 0. The molecule has 0 aromatic rings. The normalized spacial score (nSPS) is 20.1. The van der Waals surface area contributed by atoms with Crippen LogP contribution in [0.2, 0.25) is 0 Å². The summed E-state index contributed by atoms with van der Waals surface area (Å²) in [5.41, 5.74) is 5.57. The van der Waals surface area contributed by atoms with Gasteiger partial charge in [-0.05, 0) is 18.9 Å². The summed E-state index contributed by atoms with van der Waals surface area (Å²) in [7, 11) is 0. The lowest BCUT2D eigenvalue weighted by Crippen LogP contribution is -2.37. The van der Waals surface area contributed by atoms with Crippen LogP contribution >= 0.6 is 0 Å². The lowest BCUT2D eigenvalue weighted by molar-refractivity contribution is -0.132. The quantitative estimate of drug-likeness (QED) is 0.778. The van der Waals surface area contributed by atoms with E-state index in [1.165, 1.54) is 0 Å². The Morgan fingerprint density at radius 1 is 1.29 bits per heavy atom. The predicted molar refractivity (Wildman–Crippen MR) is 70.8 cm³/mol. The Hall–Kier alpha value is -0.610. The number of hydrogen-bond donors (Lipinski definition) is 1. The number of rotatable bonds is 5. The average Bonchev–Trinajstić information content (AvgIpc) is 2.55. The van der Waals surface area contributed by atoms with Gasteiger partial charge in [-0.15, -0.1) is 0 Å². The maximum atomic E-state index is 12.1. The lowest BCUT2D eigenvalue weighted by Gasteiger charge is -2.22. The van der Waals surface area contributed by atoms with Crippen molar-refractivity contribution in [2.24, 2.45) is 11.7 Å². The van der Waals surface area contributed by atoms with Crippen LogP contribution in [-0.2, 0) is 4.79 Å². The Balaban J connectivity index is 2.37. The fourth-order valence-electron chi connectivity index (χ4n) is 2.20. The van der Waals surface area contributed by atoms with Crippen LogP contribution < -0.4 is 5.73 Å². The highest BCUT2D eigenvalue weighted by Gasteiger charge is 2.19. The minimum Gasteiger partial charge on any atom is -0.341 e. The zero-order chi connectivity index (χ0) is 12.7. The predicted octanol–water partition coefficient (Wildman–Crippen LogP) is 0.916. The molecule has 1 aliphatic heterocycles. The SMILES string of the molecule is CCC(C)CC(=O)N1CCCN(CCN)CC1. The van der Waals surface area contributed by atoms with Crippen molar-refractivity contribution < 1.29 is 4.79 Å². The van der Waals surface area contributed by atoms with E-state index in [0.29, 0.717) is 24.8 Å². The Kier molecular flexibility index (Phi) is 6.52. The molecule has 1 fully saturated rings. The molecule has 1 amide bonds. The van der Waals surface area contributed by atoms with E-state index in [2.05, 4.69) is 18.7 Å². The number of nitrogens with zero attached hydrogens (tertiary/aromatic N) is 2. The molecule has 1 heterocycles. The minimum atomic E-state index is 0.328. The monoisotopic (exact) mass is 241 g/mol. The van der Waals surface area contributed by atoms with Crippen LogP contribution in [0.3, 0.4) is 0 Å². The van der Waals surface area contributed by atoms with Gasteiger partial charge in [0.1, 0.15) is 0 Å². The molecular formula is C13H27N3O. The van der Waals surface area contributed by atoms with Gasteiger partial charge in [0.05, 0.1) is 0 Å². The third kappa shape index (κ3) is 5.04. The second-order valence-electron chi connectivity index (χ2n) is 5.08. The Labute approximate surface area is 105 Å². The molecule has 0 aromatic carbocycles. The molecule has 0 spiro atoms. The molecule has 1 saturated heterocycles. The van der Waals surface area contributed by atoms with E-state index in [1.54, 1.807) is 0 Å². The summed E-state index contributed by atoms with van der Waals surface area (Å²) in [5.74, 6) is 0.833. The van der Waals surface area contributed by atoms with Crippen molar-refractivity contribution in [3.63, 3.8) is 0 Å². The Morgan fingerprint density at radius 3 is 2.71 bits per heavy atom. The van der Waals surface area contributed by atoms with Gasteiger partial charge in [-0.3, -0.25) is 4.79 Å². The number of carbonyl (C=O) groups is 1. The first-order chi connectivity index (χ1) is 8.17. The molecule has 17 heavy (non-hydrogen) atoms. The topological polar surface area (TPSA) is 49.6 Å².